The Bertz CT molecular complexity index is 349. The fourth-order valence-electron chi connectivity index (χ4n) is 2.57. The van der Waals surface area contributed by atoms with Gasteiger partial charge < -0.3 is 10.2 Å². The molecule has 0 amide bonds. The molecule has 0 saturated carbocycles. The Hall–Kier alpha value is -0.860. The van der Waals surface area contributed by atoms with E-state index in [4.69, 9.17) is 0 Å². The van der Waals surface area contributed by atoms with Crippen molar-refractivity contribution in [2.75, 3.05) is 19.6 Å². The maximum Gasteiger partial charge on any atom is 0.0211 e. The van der Waals surface area contributed by atoms with Crippen LogP contribution in [0.3, 0.4) is 0 Å². The molecule has 1 aromatic carbocycles. The highest BCUT2D eigenvalue weighted by atomic mass is 15.2. The Morgan fingerprint density at radius 1 is 1.35 bits per heavy atom. The molecule has 0 radical (unpaired) electrons. The average molecular weight is 232 g/mol. The van der Waals surface area contributed by atoms with Crippen LogP contribution in [-0.4, -0.2) is 30.6 Å². The zero-order chi connectivity index (χ0) is 12.1. The van der Waals surface area contributed by atoms with Gasteiger partial charge in [0.1, 0.15) is 0 Å². The van der Waals surface area contributed by atoms with Gasteiger partial charge in [-0.15, -0.1) is 0 Å². The van der Waals surface area contributed by atoms with E-state index in [2.05, 4.69) is 48.3 Å². The van der Waals surface area contributed by atoms with Crippen molar-refractivity contribution in [3.8, 4) is 0 Å². The SMILES string of the molecule is CCN1CCCC(NCc2ccccc2C)C1. The Morgan fingerprint density at radius 3 is 2.94 bits per heavy atom. The third kappa shape index (κ3) is 3.55. The fourth-order valence-corrected chi connectivity index (χ4v) is 2.57. The minimum atomic E-state index is 0.670. The van der Waals surface area contributed by atoms with Crippen molar-refractivity contribution in [1.82, 2.24) is 10.2 Å². The maximum atomic E-state index is 3.70. The summed E-state index contributed by atoms with van der Waals surface area (Å²) in [4.78, 5) is 2.54. The van der Waals surface area contributed by atoms with Crippen molar-refractivity contribution < 1.29 is 0 Å². The fraction of sp³-hybridized carbons (Fsp3) is 0.600. The largest absolute Gasteiger partial charge is 0.309 e. The molecule has 0 spiro atoms. The van der Waals surface area contributed by atoms with Crippen molar-refractivity contribution in [3.05, 3.63) is 35.4 Å². The summed E-state index contributed by atoms with van der Waals surface area (Å²) in [6.45, 7) is 9.12. The number of rotatable bonds is 4. The van der Waals surface area contributed by atoms with E-state index in [0.29, 0.717) is 6.04 Å². The first-order valence-corrected chi connectivity index (χ1v) is 6.80. The minimum absolute atomic E-state index is 0.670. The molecule has 2 heteroatoms. The Labute approximate surface area is 105 Å². The summed E-state index contributed by atoms with van der Waals surface area (Å²) in [5, 5.41) is 3.70. The molecule has 1 atom stereocenters. The van der Waals surface area contributed by atoms with Crippen LogP contribution in [0.4, 0.5) is 0 Å². The summed E-state index contributed by atoms with van der Waals surface area (Å²) in [6.07, 6.45) is 2.65. The van der Waals surface area contributed by atoms with Crippen molar-refractivity contribution in [3.63, 3.8) is 0 Å². The molecular formula is C15H24N2. The van der Waals surface area contributed by atoms with E-state index in [0.717, 1.165) is 6.54 Å². The number of aryl methyl sites for hydroxylation is 1. The van der Waals surface area contributed by atoms with Crippen LogP contribution in [0.5, 0.6) is 0 Å². The van der Waals surface area contributed by atoms with E-state index < -0.39 is 0 Å². The lowest BCUT2D eigenvalue weighted by Crippen LogP contribution is -2.45. The van der Waals surface area contributed by atoms with Crippen LogP contribution < -0.4 is 5.32 Å². The molecular weight excluding hydrogens is 208 g/mol. The molecule has 0 bridgehead atoms. The lowest BCUT2D eigenvalue weighted by atomic mass is 10.0. The summed E-state index contributed by atoms with van der Waals surface area (Å²) in [5.41, 5.74) is 2.82. The van der Waals surface area contributed by atoms with Crippen LogP contribution in [0.1, 0.15) is 30.9 Å². The van der Waals surface area contributed by atoms with Gasteiger partial charge in [-0.05, 0) is 44.0 Å². The Morgan fingerprint density at radius 2 is 2.18 bits per heavy atom. The topological polar surface area (TPSA) is 15.3 Å². The molecule has 2 nitrogen and oxygen atoms in total. The summed E-state index contributed by atoms with van der Waals surface area (Å²) >= 11 is 0. The molecule has 1 saturated heterocycles. The first kappa shape index (κ1) is 12.6. The van der Waals surface area contributed by atoms with Crippen molar-refractivity contribution in [2.24, 2.45) is 0 Å². The maximum absolute atomic E-state index is 3.70. The molecule has 1 unspecified atom stereocenters. The van der Waals surface area contributed by atoms with Crippen molar-refractivity contribution in [1.29, 1.82) is 0 Å². The van der Waals surface area contributed by atoms with Gasteiger partial charge >= 0.3 is 0 Å². The number of hydrogen-bond acceptors (Lipinski definition) is 2. The number of nitrogens with zero attached hydrogens (tertiary/aromatic N) is 1. The van der Waals surface area contributed by atoms with E-state index in [1.807, 2.05) is 0 Å². The summed E-state index contributed by atoms with van der Waals surface area (Å²) in [7, 11) is 0. The number of hydrogen-bond donors (Lipinski definition) is 1. The van der Waals surface area contributed by atoms with E-state index in [9.17, 15) is 0 Å². The highest BCUT2D eigenvalue weighted by molar-refractivity contribution is 5.25. The van der Waals surface area contributed by atoms with Gasteiger partial charge in [-0.1, -0.05) is 31.2 Å². The van der Waals surface area contributed by atoms with Crippen LogP contribution in [0.15, 0.2) is 24.3 Å². The summed E-state index contributed by atoms with van der Waals surface area (Å²) < 4.78 is 0. The molecule has 1 N–H and O–H groups in total. The zero-order valence-electron chi connectivity index (χ0n) is 11.1. The average Bonchev–Trinajstić information content (AvgIpc) is 2.38. The third-order valence-corrected chi connectivity index (χ3v) is 3.80. The Kier molecular flexibility index (Phi) is 4.57. The predicted molar refractivity (Wildman–Crippen MR) is 73.2 cm³/mol. The van der Waals surface area contributed by atoms with E-state index >= 15 is 0 Å². The first-order chi connectivity index (χ1) is 8.29. The normalized spacial score (nSPS) is 21.6. The minimum Gasteiger partial charge on any atom is -0.309 e. The van der Waals surface area contributed by atoms with Gasteiger partial charge in [0.2, 0.25) is 0 Å². The quantitative estimate of drug-likeness (QED) is 0.858. The van der Waals surface area contributed by atoms with Crippen molar-refractivity contribution in [2.45, 2.75) is 39.3 Å². The zero-order valence-corrected chi connectivity index (χ0v) is 11.1. The second kappa shape index (κ2) is 6.18. The molecule has 1 aromatic rings. The van der Waals surface area contributed by atoms with Gasteiger partial charge in [0.25, 0.3) is 0 Å². The second-order valence-corrected chi connectivity index (χ2v) is 5.04. The van der Waals surface area contributed by atoms with Gasteiger partial charge in [-0.3, -0.25) is 0 Å². The number of likely N-dealkylation sites (tertiary alicyclic amines) is 1. The van der Waals surface area contributed by atoms with Gasteiger partial charge in [0, 0.05) is 19.1 Å². The highest BCUT2D eigenvalue weighted by Gasteiger charge is 2.17. The van der Waals surface area contributed by atoms with E-state index in [1.165, 1.54) is 43.6 Å². The number of piperidine rings is 1. The molecule has 2 rings (SSSR count). The third-order valence-electron chi connectivity index (χ3n) is 3.80. The molecule has 0 aromatic heterocycles. The van der Waals surface area contributed by atoms with Gasteiger partial charge in [0.05, 0.1) is 0 Å². The molecule has 1 fully saturated rings. The van der Waals surface area contributed by atoms with E-state index in [-0.39, 0.29) is 0 Å². The van der Waals surface area contributed by atoms with Crippen LogP contribution >= 0.6 is 0 Å². The molecule has 1 aliphatic heterocycles. The standard InChI is InChI=1S/C15H24N2/c1-3-17-10-6-9-15(12-17)16-11-14-8-5-4-7-13(14)2/h4-5,7-8,15-16H,3,6,9-12H2,1-2H3. The lowest BCUT2D eigenvalue weighted by Gasteiger charge is -2.32. The first-order valence-electron chi connectivity index (χ1n) is 6.80. The predicted octanol–water partition coefficient (Wildman–Crippen LogP) is 2.57. The number of nitrogens with one attached hydrogen (secondary N) is 1. The molecule has 1 heterocycles. The lowest BCUT2D eigenvalue weighted by molar-refractivity contribution is 0.198. The van der Waals surface area contributed by atoms with Crippen LogP contribution in [0.25, 0.3) is 0 Å². The van der Waals surface area contributed by atoms with Gasteiger partial charge in [-0.2, -0.15) is 0 Å². The van der Waals surface area contributed by atoms with Gasteiger partial charge in [0.15, 0.2) is 0 Å². The van der Waals surface area contributed by atoms with Gasteiger partial charge in [-0.25, -0.2) is 0 Å². The van der Waals surface area contributed by atoms with Crippen LogP contribution in [-0.2, 0) is 6.54 Å². The van der Waals surface area contributed by atoms with Crippen LogP contribution in [0.2, 0.25) is 0 Å². The number of benzene rings is 1. The second-order valence-electron chi connectivity index (χ2n) is 5.04. The molecule has 1 aliphatic rings. The Balaban J connectivity index is 1.84. The summed E-state index contributed by atoms with van der Waals surface area (Å²) in [5.74, 6) is 0. The smallest absolute Gasteiger partial charge is 0.0211 e. The molecule has 17 heavy (non-hydrogen) atoms. The highest BCUT2D eigenvalue weighted by Crippen LogP contribution is 2.12. The number of likely N-dealkylation sites (N-methyl/N-ethyl adjacent to an activating group) is 1. The van der Waals surface area contributed by atoms with Crippen molar-refractivity contribution >= 4 is 0 Å². The molecule has 94 valence electrons. The summed E-state index contributed by atoms with van der Waals surface area (Å²) in [6, 6.07) is 9.32. The van der Waals surface area contributed by atoms with E-state index in [1.54, 1.807) is 0 Å². The monoisotopic (exact) mass is 232 g/mol. The van der Waals surface area contributed by atoms with Crippen LogP contribution in [0, 0.1) is 6.92 Å². The molecule has 0 aliphatic carbocycles.